The highest BCUT2D eigenvalue weighted by atomic mass is 32.1. The Kier molecular flexibility index (Phi) is 6.54. The third-order valence-corrected chi connectivity index (χ3v) is 5.79. The number of aromatic nitrogens is 1. The van der Waals surface area contributed by atoms with Crippen LogP contribution >= 0.6 is 11.3 Å². The van der Waals surface area contributed by atoms with Crippen molar-refractivity contribution in [2.75, 3.05) is 19.8 Å². The van der Waals surface area contributed by atoms with Crippen LogP contribution in [0, 0.1) is 5.92 Å². The van der Waals surface area contributed by atoms with Gasteiger partial charge in [0.05, 0.1) is 18.8 Å². The maximum absolute atomic E-state index is 12.9. The van der Waals surface area contributed by atoms with E-state index in [0.29, 0.717) is 18.8 Å². The number of morpholine rings is 1. The normalized spacial score (nSPS) is 23.9. The van der Waals surface area contributed by atoms with Gasteiger partial charge in [-0.1, -0.05) is 30.3 Å². The molecule has 7 nitrogen and oxygen atoms in total. The molecule has 1 amide bonds. The van der Waals surface area contributed by atoms with E-state index in [0.717, 1.165) is 23.4 Å². The van der Waals surface area contributed by atoms with Crippen LogP contribution < -0.4 is 0 Å². The Labute approximate surface area is 161 Å². The molecule has 1 aliphatic carbocycles. The minimum atomic E-state index is -0.250. The minimum Gasteiger partial charge on any atom is -0.483 e. The third kappa shape index (κ3) is 4.35. The van der Waals surface area contributed by atoms with Gasteiger partial charge >= 0.3 is 0 Å². The maximum Gasteiger partial charge on any atom is 0.290 e. The van der Waals surface area contributed by atoms with Crippen molar-refractivity contribution >= 4 is 23.7 Å². The highest BCUT2D eigenvalue weighted by Crippen LogP contribution is 2.35. The van der Waals surface area contributed by atoms with Crippen molar-refractivity contribution in [1.82, 2.24) is 9.88 Å². The van der Waals surface area contributed by atoms with E-state index in [1.54, 1.807) is 0 Å². The average Bonchev–Trinajstić information content (AvgIpc) is 3.35. The van der Waals surface area contributed by atoms with Crippen LogP contribution in [0.5, 0.6) is 0 Å². The van der Waals surface area contributed by atoms with Gasteiger partial charge in [-0.25, -0.2) is 4.98 Å². The number of nitrogens with zero attached hydrogens (tertiary/aromatic N) is 2. The fourth-order valence-corrected chi connectivity index (χ4v) is 4.48. The lowest BCUT2D eigenvalue weighted by atomic mass is 10.1. The van der Waals surface area contributed by atoms with Crippen molar-refractivity contribution in [2.45, 2.75) is 25.0 Å². The number of thiazole rings is 1. The number of hydrogen-bond donors (Lipinski definition) is 2. The van der Waals surface area contributed by atoms with E-state index in [2.05, 4.69) is 4.98 Å². The summed E-state index contributed by atoms with van der Waals surface area (Å²) in [5.74, 6) is 0.203. The van der Waals surface area contributed by atoms with Gasteiger partial charge in [0.25, 0.3) is 12.4 Å². The molecule has 2 aliphatic rings. The van der Waals surface area contributed by atoms with Crippen LogP contribution in [0.25, 0.3) is 10.6 Å². The molecule has 1 aromatic heterocycles. The number of carbonyl (C=O) groups is 2. The summed E-state index contributed by atoms with van der Waals surface area (Å²) in [6.45, 7) is 1.06. The standard InChI is InChI=1S/C18H20N2O3S.CH2O2/c21-10-12-8-15-16(9-12)23-7-6-20(15)18(22)14-11-24-17(19-14)13-4-2-1-3-5-13;2-1-3/h1-5,11-12,15-16,21H,6-10H2;1H,(H,2,3)/t12-,15+,16?;/m1./s1. The first-order valence-corrected chi connectivity index (χ1v) is 9.68. The van der Waals surface area contributed by atoms with Crippen molar-refractivity contribution in [2.24, 2.45) is 5.92 Å². The molecule has 2 N–H and O–H groups in total. The second-order valence-electron chi connectivity index (χ2n) is 6.50. The largest absolute Gasteiger partial charge is 0.483 e. The van der Waals surface area contributed by atoms with Gasteiger partial charge in [0.15, 0.2) is 0 Å². The van der Waals surface area contributed by atoms with Gasteiger partial charge in [-0.2, -0.15) is 0 Å². The molecule has 1 saturated carbocycles. The van der Waals surface area contributed by atoms with Gasteiger partial charge in [-0.3, -0.25) is 9.59 Å². The average molecular weight is 390 g/mol. The van der Waals surface area contributed by atoms with Crippen LogP contribution in [-0.2, 0) is 9.53 Å². The third-order valence-electron chi connectivity index (χ3n) is 4.90. The molecule has 2 aromatic rings. The van der Waals surface area contributed by atoms with Crippen molar-refractivity contribution in [3.63, 3.8) is 0 Å². The van der Waals surface area contributed by atoms with E-state index in [1.165, 1.54) is 11.3 Å². The Morgan fingerprint density at radius 3 is 2.78 bits per heavy atom. The maximum atomic E-state index is 12.9. The molecule has 0 spiro atoms. The van der Waals surface area contributed by atoms with Crippen LogP contribution in [-0.4, -0.2) is 64.4 Å². The minimum absolute atomic E-state index is 0.0229. The van der Waals surface area contributed by atoms with E-state index in [9.17, 15) is 9.90 Å². The molecular weight excluding hydrogens is 368 g/mol. The highest BCUT2D eigenvalue weighted by Gasteiger charge is 2.43. The lowest BCUT2D eigenvalue weighted by Gasteiger charge is -2.37. The quantitative estimate of drug-likeness (QED) is 0.779. The first-order chi connectivity index (χ1) is 13.2. The number of aliphatic hydroxyl groups is 1. The predicted octanol–water partition coefficient (Wildman–Crippen LogP) is 2.12. The number of aliphatic hydroxyl groups excluding tert-OH is 1. The molecule has 3 atom stereocenters. The van der Waals surface area contributed by atoms with E-state index in [1.807, 2.05) is 40.6 Å². The van der Waals surface area contributed by atoms with Crippen LogP contribution in [0.4, 0.5) is 0 Å². The number of hydrogen-bond acceptors (Lipinski definition) is 6. The summed E-state index contributed by atoms with van der Waals surface area (Å²) in [5, 5.41) is 19.0. The van der Waals surface area contributed by atoms with E-state index < -0.39 is 0 Å². The van der Waals surface area contributed by atoms with Crippen LogP contribution in [0.1, 0.15) is 23.3 Å². The van der Waals surface area contributed by atoms with Crippen molar-refractivity contribution < 1.29 is 24.5 Å². The van der Waals surface area contributed by atoms with Crippen molar-refractivity contribution in [3.05, 3.63) is 41.4 Å². The van der Waals surface area contributed by atoms with Gasteiger partial charge in [0.2, 0.25) is 0 Å². The van der Waals surface area contributed by atoms with E-state index in [4.69, 9.17) is 14.6 Å². The molecule has 8 heteroatoms. The lowest BCUT2D eigenvalue weighted by Crippen LogP contribution is -2.51. The zero-order valence-electron chi connectivity index (χ0n) is 14.7. The SMILES string of the molecule is O=C(c1csc(-c2ccccc2)n1)N1CCOC2C[C@H](CO)C[C@@H]21.O=CO. The zero-order chi connectivity index (χ0) is 19.2. The molecule has 2 heterocycles. The van der Waals surface area contributed by atoms with Gasteiger partial charge in [-0.15, -0.1) is 11.3 Å². The number of amides is 1. The number of carbonyl (C=O) groups excluding carboxylic acids is 1. The second kappa shape index (κ2) is 9.07. The molecule has 144 valence electrons. The van der Waals surface area contributed by atoms with Crippen LogP contribution in [0.3, 0.4) is 0 Å². The van der Waals surface area contributed by atoms with Crippen molar-refractivity contribution in [3.8, 4) is 10.6 Å². The molecule has 27 heavy (non-hydrogen) atoms. The lowest BCUT2D eigenvalue weighted by molar-refractivity contribution is -0.122. The van der Waals surface area contributed by atoms with Gasteiger partial charge < -0.3 is 19.8 Å². The first kappa shape index (κ1) is 19.5. The van der Waals surface area contributed by atoms with E-state index >= 15 is 0 Å². The molecule has 1 saturated heterocycles. The van der Waals surface area contributed by atoms with E-state index in [-0.39, 0.29) is 37.0 Å². The Bertz CT molecular complexity index is 766. The fraction of sp³-hybridized carbons (Fsp3) is 0.421. The highest BCUT2D eigenvalue weighted by molar-refractivity contribution is 7.13. The smallest absolute Gasteiger partial charge is 0.290 e. The number of fused-ring (bicyclic) bond motifs is 1. The van der Waals surface area contributed by atoms with Crippen LogP contribution in [0.2, 0.25) is 0 Å². The predicted molar refractivity (Wildman–Crippen MR) is 101 cm³/mol. The Morgan fingerprint density at radius 1 is 1.33 bits per heavy atom. The number of ether oxygens (including phenoxy) is 1. The topological polar surface area (TPSA) is 100.0 Å². The van der Waals surface area contributed by atoms with Crippen molar-refractivity contribution in [1.29, 1.82) is 0 Å². The fourth-order valence-electron chi connectivity index (χ4n) is 3.68. The molecular formula is C19H22N2O5S. The van der Waals surface area contributed by atoms with Gasteiger partial charge in [-0.05, 0) is 18.8 Å². The van der Waals surface area contributed by atoms with Crippen LogP contribution in [0.15, 0.2) is 35.7 Å². The molecule has 0 radical (unpaired) electrons. The summed E-state index contributed by atoms with van der Waals surface area (Å²) in [6, 6.07) is 9.97. The Balaban J connectivity index is 0.000000659. The summed E-state index contributed by atoms with van der Waals surface area (Å²) in [6.07, 6.45) is 1.69. The molecule has 2 fully saturated rings. The number of rotatable bonds is 3. The molecule has 0 bridgehead atoms. The van der Waals surface area contributed by atoms with Gasteiger partial charge in [0.1, 0.15) is 10.7 Å². The number of carboxylic acid groups (broad SMARTS) is 1. The molecule has 1 aliphatic heterocycles. The Morgan fingerprint density at radius 2 is 2.07 bits per heavy atom. The van der Waals surface area contributed by atoms with Gasteiger partial charge in [0, 0.05) is 24.1 Å². The summed E-state index contributed by atoms with van der Waals surface area (Å²) >= 11 is 1.50. The Hall–Kier alpha value is -2.29. The summed E-state index contributed by atoms with van der Waals surface area (Å²) in [4.78, 5) is 27.7. The second-order valence-corrected chi connectivity index (χ2v) is 7.36. The molecule has 4 rings (SSSR count). The zero-order valence-corrected chi connectivity index (χ0v) is 15.5. The molecule has 1 aromatic carbocycles. The number of benzene rings is 1. The monoisotopic (exact) mass is 390 g/mol. The summed E-state index contributed by atoms with van der Waals surface area (Å²) in [5.41, 5.74) is 1.54. The first-order valence-electron chi connectivity index (χ1n) is 8.80. The molecule has 1 unspecified atom stereocenters. The summed E-state index contributed by atoms with van der Waals surface area (Å²) in [7, 11) is 0. The summed E-state index contributed by atoms with van der Waals surface area (Å²) < 4.78 is 5.80.